The van der Waals surface area contributed by atoms with Gasteiger partial charge >= 0.3 is 0 Å². The highest BCUT2D eigenvalue weighted by molar-refractivity contribution is 5.31. The van der Waals surface area contributed by atoms with Crippen LogP contribution in [-0.4, -0.2) is 23.7 Å². The highest BCUT2D eigenvalue weighted by atomic mass is 16.5. The molecule has 0 saturated carbocycles. The van der Waals surface area contributed by atoms with E-state index in [1.807, 2.05) is 42.5 Å². The zero-order valence-electron chi connectivity index (χ0n) is 14.7. The summed E-state index contributed by atoms with van der Waals surface area (Å²) in [5.74, 6) is 1.79. The predicted molar refractivity (Wildman–Crippen MR) is 97.3 cm³/mol. The topological polar surface area (TPSA) is 21.7 Å². The van der Waals surface area contributed by atoms with E-state index in [0.717, 1.165) is 24.5 Å². The van der Waals surface area contributed by atoms with Gasteiger partial charge in [-0.1, -0.05) is 30.3 Å². The van der Waals surface area contributed by atoms with Crippen LogP contribution in [0.25, 0.3) is 0 Å². The van der Waals surface area contributed by atoms with E-state index < -0.39 is 0 Å². The van der Waals surface area contributed by atoms with E-state index in [9.17, 15) is 0 Å². The molecule has 3 rings (SSSR count). The van der Waals surface area contributed by atoms with Gasteiger partial charge in [0.05, 0.1) is 0 Å². The van der Waals surface area contributed by atoms with E-state index in [4.69, 9.17) is 9.47 Å². The normalized spacial score (nSPS) is 18.5. The molecular formula is C21H27NO2. The molecule has 0 aromatic heterocycles. The van der Waals surface area contributed by atoms with Crippen LogP contribution >= 0.6 is 0 Å². The second-order valence-electron chi connectivity index (χ2n) is 6.65. The van der Waals surface area contributed by atoms with Gasteiger partial charge in [-0.2, -0.15) is 0 Å². The van der Waals surface area contributed by atoms with E-state index in [1.165, 1.54) is 18.4 Å². The summed E-state index contributed by atoms with van der Waals surface area (Å²) in [6.45, 7) is 6.19. The van der Waals surface area contributed by atoms with Gasteiger partial charge in [-0.15, -0.1) is 0 Å². The number of rotatable bonds is 6. The van der Waals surface area contributed by atoms with E-state index >= 15 is 0 Å². The fraction of sp³-hybridized carbons (Fsp3) is 0.429. The molecule has 0 bridgehead atoms. The van der Waals surface area contributed by atoms with Crippen LogP contribution in [0.2, 0.25) is 0 Å². The highest BCUT2D eigenvalue weighted by Crippen LogP contribution is 2.25. The third kappa shape index (κ3) is 4.51. The van der Waals surface area contributed by atoms with E-state index in [2.05, 4.69) is 30.9 Å². The third-order valence-corrected chi connectivity index (χ3v) is 4.49. The molecular weight excluding hydrogens is 298 g/mol. The maximum atomic E-state index is 6.22. The molecule has 3 heteroatoms. The Morgan fingerprint density at radius 3 is 2.38 bits per heavy atom. The number of benzene rings is 2. The lowest BCUT2D eigenvalue weighted by Gasteiger charge is -2.38. The van der Waals surface area contributed by atoms with Gasteiger partial charge in [0.2, 0.25) is 0 Å². The van der Waals surface area contributed by atoms with Gasteiger partial charge in [0.25, 0.3) is 0 Å². The Hall–Kier alpha value is -2.00. The molecule has 3 nitrogen and oxygen atoms in total. The molecule has 1 aliphatic heterocycles. The van der Waals surface area contributed by atoms with Crippen LogP contribution in [0.15, 0.2) is 54.6 Å². The molecule has 0 radical (unpaired) electrons. The largest absolute Gasteiger partial charge is 0.489 e. The monoisotopic (exact) mass is 325 g/mol. The number of ether oxygens (including phenoxy) is 2. The molecule has 24 heavy (non-hydrogen) atoms. The van der Waals surface area contributed by atoms with Gasteiger partial charge in [0.15, 0.2) is 6.23 Å². The molecule has 0 amide bonds. The van der Waals surface area contributed by atoms with Crippen molar-refractivity contribution in [1.82, 2.24) is 4.90 Å². The van der Waals surface area contributed by atoms with Gasteiger partial charge in [0, 0.05) is 12.6 Å². The molecule has 128 valence electrons. The lowest BCUT2D eigenvalue weighted by atomic mass is 10.1. The maximum Gasteiger partial charge on any atom is 0.152 e. The van der Waals surface area contributed by atoms with Crippen molar-refractivity contribution in [2.24, 2.45) is 0 Å². The van der Waals surface area contributed by atoms with E-state index in [-0.39, 0.29) is 6.23 Å². The Bertz CT molecular complexity index is 609. The predicted octanol–water partition coefficient (Wildman–Crippen LogP) is 4.86. The Morgan fingerprint density at radius 1 is 0.958 bits per heavy atom. The summed E-state index contributed by atoms with van der Waals surface area (Å²) < 4.78 is 12.0. The average Bonchev–Trinajstić information content (AvgIpc) is 2.62. The fourth-order valence-electron chi connectivity index (χ4n) is 3.15. The van der Waals surface area contributed by atoms with Gasteiger partial charge < -0.3 is 9.47 Å². The van der Waals surface area contributed by atoms with E-state index in [1.54, 1.807) is 0 Å². The van der Waals surface area contributed by atoms with Crippen LogP contribution in [0.5, 0.6) is 11.5 Å². The van der Waals surface area contributed by atoms with Crippen molar-refractivity contribution in [3.63, 3.8) is 0 Å². The number of hydrogen-bond acceptors (Lipinski definition) is 3. The zero-order chi connectivity index (χ0) is 16.8. The lowest BCUT2D eigenvalue weighted by molar-refractivity contribution is -0.0234. The van der Waals surface area contributed by atoms with Crippen LogP contribution < -0.4 is 9.47 Å². The first-order valence-corrected chi connectivity index (χ1v) is 8.91. The number of hydrogen-bond donors (Lipinski definition) is 0. The van der Waals surface area contributed by atoms with Crippen molar-refractivity contribution in [3.05, 3.63) is 60.2 Å². The summed E-state index contributed by atoms with van der Waals surface area (Å²) >= 11 is 0. The van der Waals surface area contributed by atoms with Crippen molar-refractivity contribution in [2.75, 3.05) is 6.54 Å². The smallest absolute Gasteiger partial charge is 0.152 e. The van der Waals surface area contributed by atoms with Crippen molar-refractivity contribution < 1.29 is 9.47 Å². The fourth-order valence-corrected chi connectivity index (χ4v) is 3.15. The molecule has 0 spiro atoms. The molecule has 1 aliphatic rings. The Morgan fingerprint density at radius 2 is 1.67 bits per heavy atom. The van der Waals surface area contributed by atoms with Crippen LogP contribution in [0.1, 0.15) is 38.7 Å². The standard InChI is InChI=1S/C21H27NO2/c1-17(2)22-15-7-6-10-21(22)24-20-13-11-19(12-14-20)23-16-18-8-4-3-5-9-18/h3-5,8-9,11-14,17,21H,6-7,10,15-16H2,1-2H3. The molecule has 2 aromatic rings. The Kier molecular flexibility index (Phi) is 5.76. The summed E-state index contributed by atoms with van der Waals surface area (Å²) in [5, 5.41) is 0. The average molecular weight is 325 g/mol. The molecule has 1 atom stereocenters. The number of likely N-dealkylation sites (tertiary alicyclic amines) is 1. The zero-order valence-corrected chi connectivity index (χ0v) is 14.7. The van der Waals surface area contributed by atoms with Crippen LogP contribution in [-0.2, 0) is 6.61 Å². The summed E-state index contributed by atoms with van der Waals surface area (Å²) in [7, 11) is 0. The quantitative estimate of drug-likeness (QED) is 0.756. The minimum atomic E-state index is 0.190. The molecule has 2 aromatic carbocycles. The van der Waals surface area contributed by atoms with Crippen molar-refractivity contribution in [2.45, 2.75) is 52.0 Å². The van der Waals surface area contributed by atoms with Crippen LogP contribution in [0.3, 0.4) is 0 Å². The summed E-state index contributed by atoms with van der Waals surface area (Å²) in [5.41, 5.74) is 1.17. The first-order valence-electron chi connectivity index (χ1n) is 8.91. The summed E-state index contributed by atoms with van der Waals surface area (Å²) in [4.78, 5) is 2.45. The molecule has 0 aliphatic carbocycles. The highest BCUT2D eigenvalue weighted by Gasteiger charge is 2.25. The lowest BCUT2D eigenvalue weighted by Crippen LogP contribution is -2.46. The van der Waals surface area contributed by atoms with Crippen LogP contribution in [0.4, 0.5) is 0 Å². The minimum absolute atomic E-state index is 0.190. The van der Waals surface area contributed by atoms with Crippen molar-refractivity contribution in [1.29, 1.82) is 0 Å². The van der Waals surface area contributed by atoms with Crippen LogP contribution in [0, 0.1) is 0 Å². The maximum absolute atomic E-state index is 6.22. The molecule has 0 N–H and O–H groups in total. The second-order valence-corrected chi connectivity index (χ2v) is 6.65. The number of nitrogens with zero attached hydrogens (tertiary/aromatic N) is 1. The SMILES string of the molecule is CC(C)N1CCCCC1Oc1ccc(OCc2ccccc2)cc1. The van der Waals surface area contributed by atoms with E-state index in [0.29, 0.717) is 12.6 Å². The Labute approximate surface area is 145 Å². The van der Waals surface area contributed by atoms with Crippen molar-refractivity contribution in [3.8, 4) is 11.5 Å². The minimum Gasteiger partial charge on any atom is -0.489 e. The molecule has 1 unspecified atom stereocenters. The third-order valence-electron chi connectivity index (χ3n) is 4.49. The van der Waals surface area contributed by atoms with Gasteiger partial charge in [0.1, 0.15) is 18.1 Å². The molecule has 1 heterocycles. The summed E-state index contributed by atoms with van der Waals surface area (Å²) in [6, 6.07) is 18.7. The molecule has 1 fully saturated rings. The Balaban J connectivity index is 1.56. The van der Waals surface area contributed by atoms with Gasteiger partial charge in [-0.3, -0.25) is 4.90 Å². The van der Waals surface area contributed by atoms with Crippen molar-refractivity contribution >= 4 is 0 Å². The van der Waals surface area contributed by atoms with Gasteiger partial charge in [-0.05, 0) is 62.9 Å². The summed E-state index contributed by atoms with van der Waals surface area (Å²) in [6.07, 6.45) is 3.80. The first kappa shape index (κ1) is 16.8. The second kappa shape index (κ2) is 8.20. The van der Waals surface area contributed by atoms with Gasteiger partial charge in [-0.25, -0.2) is 0 Å². The first-order chi connectivity index (χ1) is 11.7. The molecule has 1 saturated heterocycles. The number of piperidine rings is 1.